The molecular weight excluding hydrogens is 599 g/mol. The highest BCUT2D eigenvalue weighted by molar-refractivity contribution is 4.66. The van der Waals surface area contributed by atoms with Crippen LogP contribution < -0.4 is 0 Å². The zero-order chi connectivity index (χ0) is 35.6. The van der Waals surface area contributed by atoms with E-state index >= 15 is 0 Å². The molecule has 0 aromatic rings. The van der Waals surface area contributed by atoms with E-state index < -0.39 is 0 Å². The second kappa shape index (κ2) is 44.0. The number of aliphatic hydroxyl groups excluding tert-OH is 2. The smallest absolute Gasteiger partial charge is 0.0667 e. The predicted octanol–water partition coefficient (Wildman–Crippen LogP) is 14.9. The van der Waals surface area contributed by atoms with E-state index in [-0.39, 0.29) is 12.7 Å². The van der Waals surface area contributed by atoms with Gasteiger partial charge >= 0.3 is 0 Å². The third-order valence-corrected chi connectivity index (χ3v) is 11.1. The highest BCUT2D eigenvalue weighted by Crippen LogP contribution is 2.17. The molecule has 0 heterocycles. The second-order valence-corrected chi connectivity index (χ2v) is 16.2. The molecule has 296 valence electrons. The Balaban J connectivity index is 3.43. The first-order valence-corrected chi connectivity index (χ1v) is 23.3. The summed E-state index contributed by atoms with van der Waals surface area (Å²) in [6.45, 7) is 7.26. The lowest BCUT2D eigenvalue weighted by Gasteiger charge is -2.24. The van der Waals surface area contributed by atoms with E-state index in [4.69, 9.17) is 0 Å². The second-order valence-electron chi connectivity index (χ2n) is 16.2. The first kappa shape index (κ1) is 48.9. The van der Waals surface area contributed by atoms with E-state index in [1.807, 2.05) is 0 Å². The van der Waals surface area contributed by atoms with E-state index in [0.29, 0.717) is 6.54 Å². The van der Waals surface area contributed by atoms with Gasteiger partial charge in [-0.2, -0.15) is 0 Å². The summed E-state index contributed by atoms with van der Waals surface area (Å²) in [5.41, 5.74) is 0. The number of unbranched alkanes of at least 4 members (excludes halogenated alkanes) is 36. The maximum atomic E-state index is 10.6. The standard InChI is InChI=1S/C46H95NO2/c1-3-5-7-9-11-13-15-17-19-21-23-24-26-28-30-32-34-36-38-40-42-47(43-44-48)45-46(49)41-39-37-35-33-31-29-27-25-22-20-18-16-14-12-10-8-6-4-2/h46,48-49H,3-45H2,1-2H3. The molecule has 0 aromatic heterocycles. The van der Waals surface area contributed by atoms with Crippen molar-refractivity contribution in [3.63, 3.8) is 0 Å². The number of aliphatic hydroxyl groups is 2. The molecule has 0 saturated carbocycles. The molecule has 0 aliphatic carbocycles. The molecule has 0 aliphatic rings. The van der Waals surface area contributed by atoms with Crippen molar-refractivity contribution in [2.75, 3.05) is 26.2 Å². The van der Waals surface area contributed by atoms with Gasteiger partial charge in [0.15, 0.2) is 0 Å². The Morgan fingerprint density at radius 3 is 0.837 bits per heavy atom. The molecule has 49 heavy (non-hydrogen) atoms. The average molecular weight is 694 g/mol. The summed E-state index contributed by atoms with van der Waals surface area (Å²) in [5.74, 6) is 0. The number of rotatable bonds is 44. The predicted molar refractivity (Wildman–Crippen MR) is 221 cm³/mol. The average Bonchev–Trinajstić information content (AvgIpc) is 3.10. The van der Waals surface area contributed by atoms with Crippen LogP contribution in [0.5, 0.6) is 0 Å². The molecule has 0 aliphatic heterocycles. The van der Waals surface area contributed by atoms with Crippen molar-refractivity contribution in [2.24, 2.45) is 0 Å². The van der Waals surface area contributed by atoms with Crippen LogP contribution in [0.15, 0.2) is 0 Å². The molecule has 0 rings (SSSR count). The van der Waals surface area contributed by atoms with Crippen LogP contribution in [0.1, 0.15) is 264 Å². The summed E-state index contributed by atoms with van der Waals surface area (Å²) in [6.07, 6.45) is 54.1. The van der Waals surface area contributed by atoms with Crippen molar-refractivity contribution in [2.45, 2.75) is 270 Å². The largest absolute Gasteiger partial charge is 0.395 e. The topological polar surface area (TPSA) is 43.7 Å². The summed E-state index contributed by atoms with van der Waals surface area (Å²) < 4.78 is 0. The van der Waals surface area contributed by atoms with Crippen LogP contribution in [0.4, 0.5) is 0 Å². The first-order chi connectivity index (χ1) is 24.2. The summed E-state index contributed by atoms with van der Waals surface area (Å²) in [5, 5.41) is 20.2. The molecule has 0 fully saturated rings. The van der Waals surface area contributed by atoms with Gasteiger partial charge in [-0.25, -0.2) is 0 Å². The van der Waals surface area contributed by atoms with Gasteiger partial charge in [-0.15, -0.1) is 0 Å². The Labute approximate surface area is 311 Å². The summed E-state index contributed by atoms with van der Waals surface area (Å²) in [7, 11) is 0. The maximum Gasteiger partial charge on any atom is 0.0667 e. The van der Waals surface area contributed by atoms with Gasteiger partial charge in [-0.3, -0.25) is 4.90 Å². The quantitative estimate of drug-likeness (QED) is 0.0624. The molecule has 0 bridgehead atoms. The van der Waals surface area contributed by atoms with Crippen molar-refractivity contribution in [1.29, 1.82) is 0 Å². The van der Waals surface area contributed by atoms with E-state index in [0.717, 1.165) is 25.9 Å². The fourth-order valence-corrected chi connectivity index (χ4v) is 7.70. The Kier molecular flexibility index (Phi) is 43.9. The fourth-order valence-electron chi connectivity index (χ4n) is 7.70. The van der Waals surface area contributed by atoms with E-state index in [1.165, 1.54) is 238 Å². The Morgan fingerprint density at radius 1 is 0.327 bits per heavy atom. The number of hydrogen-bond donors (Lipinski definition) is 2. The van der Waals surface area contributed by atoms with Crippen LogP contribution in [0.25, 0.3) is 0 Å². The maximum absolute atomic E-state index is 10.6. The van der Waals surface area contributed by atoms with Crippen molar-refractivity contribution in [3.05, 3.63) is 0 Å². The van der Waals surface area contributed by atoms with Crippen molar-refractivity contribution >= 4 is 0 Å². The van der Waals surface area contributed by atoms with Gasteiger partial charge in [0, 0.05) is 13.1 Å². The van der Waals surface area contributed by atoms with E-state index in [9.17, 15) is 10.2 Å². The molecule has 3 nitrogen and oxygen atoms in total. The van der Waals surface area contributed by atoms with Gasteiger partial charge in [-0.05, 0) is 19.4 Å². The zero-order valence-corrected chi connectivity index (χ0v) is 34.3. The molecule has 1 unspecified atom stereocenters. The molecule has 2 N–H and O–H groups in total. The lowest BCUT2D eigenvalue weighted by Crippen LogP contribution is -2.35. The minimum atomic E-state index is -0.238. The fraction of sp³-hybridized carbons (Fsp3) is 1.00. The molecule has 0 amide bonds. The van der Waals surface area contributed by atoms with E-state index in [1.54, 1.807) is 0 Å². The third kappa shape index (κ3) is 42.2. The third-order valence-electron chi connectivity index (χ3n) is 11.1. The SMILES string of the molecule is CCCCCCCCCCCCCCCCCCCCCCN(CCO)CC(O)CCCCCCCCCCCCCCCCCCCC. The molecule has 0 radical (unpaired) electrons. The summed E-state index contributed by atoms with van der Waals surface area (Å²) in [4.78, 5) is 2.30. The molecule has 0 saturated heterocycles. The van der Waals surface area contributed by atoms with Crippen LogP contribution >= 0.6 is 0 Å². The van der Waals surface area contributed by atoms with Gasteiger partial charge in [0.25, 0.3) is 0 Å². The summed E-state index contributed by atoms with van der Waals surface area (Å²) in [6, 6.07) is 0. The van der Waals surface area contributed by atoms with Gasteiger partial charge in [0.1, 0.15) is 0 Å². The molecule has 0 spiro atoms. The van der Waals surface area contributed by atoms with Gasteiger partial charge in [0.2, 0.25) is 0 Å². The first-order valence-electron chi connectivity index (χ1n) is 23.3. The van der Waals surface area contributed by atoms with E-state index in [2.05, 4.69) is 18.7 Å². The molecule has 1 atom stereocenters. The van der Waals surface area contributed by atoms with Gasteiger partial charge < -0.3 is 10.2 Å². The molecular formula is C46H95NO2. The van der Waals surface area contributed by atoms with Crippen LogP contribution in [0.3, 0.4) is 0 Å². The minimum absolute atomic E-state index is 0.200. The van der Waals surface area contributed by atoms with Crippen molar-refractivity contribution in [1.82, 2.24) is 4.90 Å². The lowest BCUT2D eigenvalue weighted by molar-refractivity contribution is 0.0905. The van der Waals surface area contributed by atoms with Crippen molar-refractivity contribution < 1.29 is 10.2 Å². The van der Waals surface area contributed by atoms with Crippen molar-refractivity contribution in [3.8, 4) is 0 Å². The highest BCUT2D eigenvalue weighted by Gasteiger charge is 2.11. The number of nitrogens with zero attached hydrogens (tertiary/aromatic N) is 1. The zero-order valence-electron chi connectivity index (χ0n) is 34.3. The van der Waals surface area contributed by atoms with Crippen LogP contribution in [0, 0.1) is 0 Å². The van der Waals surface area contributed by atoms with Crippen LogP contribution in [-0.2, 0) is 0 Å². The normalized spacial score (nSPS) is 12.4. The monoisotopic (exact) mass is 694 g/mol. The Hall–Kier alpha value is -0.120. The highest BCUT2D eigenvalue weighted by atomic mass is 16.3. The van der Waals surface area contributed by atoms with Crippen LogP contribution in [-0.4, -0.2) is 47.5 Å². The molecule has 0 aromatic carbocycles. The molecule has 3 heteroatoms. The number of hydrogen-bond acceptors (Lipinski definition) is 3. The summed E-state index contributed by atoms with van der Waals surface area (Å²) >= 11 is 0. The van der Waals surface area contributed by atoms with Crippen LogP contribution in [0.2, 0.25) is 0 Å². The van der Waals surface area contributed by atoms with Gasteiger partial charge in [-0.1, -0.05) is 251 Å². The minimum Gasteiger partial charge on any atom is -0.395 e. The van der Waals surface area contributed by atoms with Gasteiger partial charge in [0.05, 0.1) is 12.7 Å². The Morgan fingerprint density at radius 2 is 0.571 bits per heavy atom. The Bertz CT molecular complexity index is 569. The lowest BCUT2D eigenvalue weighted by atomic mass is 10.0.